The normalized spacial score (nSPS) is 12.4. The van der Waals surface area contributed by atoms with Gasteiger partial charge in [-0.1, -0.05) is 12.1 Å². The van der Waals surface area contributed by atoms with Gasteiger partial charge in [0.05, 0.1) is 18.2 Å². The van der Waals surface area contributed by atoms with E-state index < -0.39 is 35.2 Å². The highest BCUT2D eigenvalue weighted by Crippen LogP contribution is 2.35. The lowest BCUT2D eigenvalue weighted by Gasteiger charge is -2.15. The van der Waals surface area contributed by atoms with E-state index >= 15 is 0 Å². The van der Waals surface area contributed by atoms with Crippen molar-refractivity contribution in [1.82, 2.24) is 14.3 Å². The van der Waals surface area contributed by atoms with Crippen LogP contribution in [-0.4, -0.2) is 33.5 Å². The number of alkyl halides is 3. The van der Waals surface area contributed by atoms with Crippen molar-refractivity contribution in [2.24, 2.45) is 7.05 Å². The third kappa shape index (κ3) is 4.54. The highest BCUT2D eigenvalue weighted by Gasteiger charge is 2.35. The van der Waals surface area contributed by atoms with Gasteiger partial charge in [0.1, 0.15) is 5.69 Å². The van der Waals surface area contributed by atoms with Crippen molar-refractivity contribution >= 4 is 16.9 Å². The molecule has 0 fully saturated rings. The molecular formula is C23H18F3N3O7. The van der Waals surface area contributed by atoms with Crippen LogP contribution in [0.1, 0.15) is 12.6 Å². The Morgan fingerprint density at radius 1 is 1.08 bits per heavy atom. The fraction of sp³-hybridized carbons (Fsp3) is 0.217. The number of rotatable bonds is 6. The number of fused-ring (bicyclic) bond motifs is 1. The molecule has 0 aliphatic heterocycles. The Balaban J connectivity index is 1.75. The molecule has 0 amide bonds. The summed E-state index contributed by atoms with van der Waals surface area (Å²) in [6.07, 6.45) is -5.82. The molecule has 2 aromatic carbocycles. The van der Waals surface area contributed by atoms with Crippen molar-refractivity contribution in [2.45, 2.75) is 19.2 Å². The first-order valence-corrected chi connectivity index (χ1v) is 10.3. The molecule has 4 aromatic rings. The number of hydrogen-bond donors (Lipinski definition) is 0. The topological polar surface area (TPSA) is 115 Å². The quantitative estimate of drug-likeness (QED) is 0.366. The lowest BCUT2D eigenvalue weighted by Crippen LogP contribution is -2.40. The molecule has 0 aliphatic carbocycles. The Morgan fingerprint density at radius 2 is 1.78 bits per heavy atom. The Labute approximate surface area is 200 Å². The summed E-state index contributed by atoms with van der Waals surface area (Å²) in [4.78, 5) is 36.8. The van der Waals surface area contributed by atoms with Crippen LogP contribution in [0.3, 0.4) is 0 Å². The zero-order valence-corrected chi connectivity index (χ0v) is 19.0. The van der Waals surface area contributed by atoms with E-state index in [9.17, 15) is 27.6 Å². The van der Waals surface area contributed by atoms with Crippen LogP contribution in [0.15, 0.2) is 62.6 Å². The van der Waals surface area contributed by atoms with Crippen LogP contribution in [0.4, 0.5) is 13.2 Å². The van der Waals surface area contributed by atoms with E-state index in [1.807, 2.05) is 0 Å². The van der Waals surface area contributed by atoms with Gasteiger partial charge in [0, 0.05) is 13.1 Å². The summed E-state index contributed by atoms with van der Waals surface area (Å²) in [5.41, 5.74) is -3.55. The van der Waals surface area contributed by atoms with E-state index in [2.05, 4.69) is 9.89 Å². The van der Waals surface area contributed by atoms with Crippen LogP contribution < -0.4 is 20.7 Å². The smallest absolute Gasteiger partial charge is 0.431 e. The highest BCUT2D eigenvalue weighted by atomic mass is 19.4. The number of halogens is 3. The number of para-hydroxylation sites is 2. The minimum atomic E-state index is -4.88. The molecule has 2 heterocycles. The maximum Gasteiger partial charge on any atom is 0.431 e. The second kappa shape index (κ2) is 9.24. The third-order valence-corrected chi connectivity index (χ3v) is 5.18. The summed E-state index contributed by atoms with van der Waals surface area (Å²) in [6, 6.07) is 10.7. The predicted octanol–water partition coefficient (Wildman–Crippen LogP) is 3.43. The average molecular weight is 505 g/mol. The van der Waals surface area contributed by atoms with Gasteiger partial charge in [-0.3, -0.25) is 9.36 Å². The van der Waals surface area contributed by atoms with Gasteiger partial charge in [0.15, 0.2) is 23.2 Å². The van der Waals surface area contributed by atoms with Crippen molar-refractivity contribution < 1.29 is 36.7 Å². The zero-order valence-electron chi connectivity index (χ0n) is 19.0. The molecule has 4 rings (SSSR count). The fourth-order valence-electron chi connectivity index (χ4n) is 3.39. The molecule has 36 heavy (non-hydrogen) atoms. The Kier molecular flexibility index (Phi) is 6.31. The van der Waals surface area contributed by atoms with Gasteiger partial charge in [0.2, 0.25) is 0 Å². The van der Waals surface area contributed by atoms with Crippen molar-refractivity contribution in [1.29, 1.82) is 0 Å². The van der Waals surface area contributed by atoms with Crippen molar-refractivity contribution in [3.63, 3.8) is 0 Å². The summed E-state index contributed by atoms with van der Waals surface area (Å²) in [6.45, 7) is 1.49. The SMILES string of the molecule is COC(=O)C(C)Oc1ccccc1Oc1noc2ccc(-n3c(=O)cc(C(F)(F)F)n(C)c3=O)cc12. The van der Waals surface area contributed by atoms with Crippen LogP contribution in [0.25, 0.3) is 16.7 Å². The Bertz CT molecular complexity index is 1570. The summed E-state index contributed by atoms with van der Waals surface area (Å²) < 4.78 is 61.7. The monoisotopic (exact) mass is 505 g/mol. The van der Waals surface area contributed by atoms with E-state index in [-0.39, 0.29) is 34.0 Å². The second-order valence-electron chi connectivity index (χ2n) is 7.54. The maximum absolute atomic E-state index is 13.2. The van der Waals surface area contributed by atoms with Crippen LogP contribution in [-0.2, 0) is 22.8 Å². The number of methoxy groups -OCH3 is 1. The molecule has 2 aromatic heterocycles. The average Bonchev–Trinajstić information content (AvgIpc) is 3.23. The third-order valence-electron chi connectivity index (χ3n) is 5.18. The lowest BCUT2D eigenvalue weighted by atomic mass is 10.2. The maximum atomic E-state index is 13.2. The Hall–Kier alpha value is -4.55. The number of esters is 1. The van der Waals surface area contributed by atoms with E-state index in [1.54, 1.807) is 24.3 Å². The highest BCUT2D eigenvalue weighted by molar-refractivity contribution is 5.84. The van der Waals surface area contributed by atoms with Crippen LogP contribution in [0.5, 0.6) is 17.4 Å². The lowest BCUT2D eigenvalue weighted by molar-refractivity contribution is -0.148. The predicted molar refractivity (Wildman–Crippen MR) is 118 cm³/mol. The van der Waals surface area contributed by atoms with Crippen LogP contribution in [0, 0.1) is 0 Å². The number of ether oxygens (including phenoxy) is 3. The summed E-state index contributed by atoms with van der Waals surface area (Å²) >= 11 is 0. The zero-order chi connectivity index (χ0) is 26.2. The number of carbonyl (C=O) groups is 1. The van der Waals surface area contributed by atoms with Crippen molar-refractivity contribution in [3.05, 3.63) is 75.1 Å². The van der Waals surface area contributed by atoms with Crippen LogP contribution in [0.2, 0.25) is 0 Å². The summed E-state index contributed by atoms with van der Waals surface area (Å²) in [7, 11) is 2.14. The van der Waals surface area contributed by atoms with E-state index in [1.165, 1.54) is 32.2 Å². The number of hydrogen-bond acceptors (Lipinski definition) is 8. The van der Waals surface area contributed by atoms with E-state index in [0.717, 1.165) is 7.05 Å². The molecular weight excluding hydrogens is 487 g/mol. The van der Waals surface area contributed by atoms with Crippen LogP contribution >= 0.6 is 0 Å². The molecule has 0 radical (unpaired) electrons. The van der Waals surface area contributed by atoms with Gasteiger partial charge in [-0.05, 0) is 42.4 Å². The summed E-state index contributed by atoms with van der Waals surface area (Å²) in [5, 5.41) is 4.06. The first kappa shape index (κ1) is 24.6. The van der Waals surface area contributed by atoms with E-state index in [0.29, 0.717) is 15.2 Å². The molecule has 0 saturated carbocycles. The molecule has 0 saturated heterocycles. The number of carbonyl (C=O) groups excluding carboxylic acids is 1. The molecule has 0 bridgehead atoms. The second-order valence-corrected chi connectivity index (χ2v) is 7.54. The van der Waals surface area contributed by atoms with Gasteiger partial charge in [-0.2, -0.15) is 13.2 Å². The molecule has 0 aliphatic rings. The number of nitrogens with zero attached hydrogens (tertiary/aromatic N) is 3. The molecule has 0 spiro atoms. The number of aromatic nitrogens is 3. The van der Waals surface area contributed by atoms with Crippen molar-refractivity contribution in [2.75, 3.05) is 7.11 Å². The van der Waals surface area contributed by atoms with Gasteiger partial charge in [0.25, 0.3) is 11.4 Å². The van der Waals surface area contributed by atoms with E-state index in [4.69, 9.17) is 14.0 Å². The molecule has 13 heteroatoms. The molecule has 1 unspecified atom stereocenters. The summed E-state index contributed by atoms with van der Waals surface area (Å²) in [5.74, 6) is -0.331. The van der Waals surface area contributed by atoms with Gasteiger partial charge < -0.3 is 18.7 Å². The Morgan fingerprint density at radius 3 is 2.44 bits per heavy atom. The largest absolute Gasteiger partial charge is 0.475 e. The minimum Gasteiger partial charge on any atom is -0.475 e. The molecule has 10 nitrogen and oxygen atoms in total. The van der Waals surface area contributed by atoms with Gasteiger partial charge in [-0.25, -0.2) is 14.2 Å². The standard InChI is InChI=1S/C23H18F3N3O7/c1-12(21(31)33-3)34-16-6-4-5-7-17(16)35-20-14-10-13(8-9-15(14)36-27-20)29-19(30)11-18(23(24,25)26)28(2)22(29)32/h4-12H,1-3H3. The minimum absolute atomic E-state index is 0.0290. The fourth-order valence-corrected chi connectivity index (χ4v) is 3.39. The molecule has 1 atom stereocenters. The molecule has 188 valence electrons. The molecule has 0 N–H and O–H groups in total. The number of benzene rings is 2. The van der Waals surface area contributed by atoms with Crippen molar-refractivity contribution in [3.8, 4) is 23.1 Å². The van der Waals surface area contributed by atoms with Gasteiger partial charge in [-0.15, -0.1) is 0 Å². The van der Waals surface area contributed by atoms with Gasteiger partial charge >= 0.3 is 17.8 Å². The first-order chi connectivity index (χ1) is 17.0. The first-order valence-electron chi connectivity index (χ1n) is 10.3.